The number of nitrogens with zero attached hydrogens (tertiary/aromatic N) is 2. The highest BCUT2D eigenvalue weighted by Crippen LogP contribution is 2.39. The second-order valence-corrected chi connectivity index (χ2v) is 6.69. The fourth-order valence-electron chi connectivity index (χ4n) is 2.98. The fourth-order valence-corrected chi connectivity index (χ4v) is 3.23. The summed E-state index contributed by atoms with van der Waals surface area (Å²) in [4.78, 5) is 14.5. The van der Waals surface area contributed by atoms with Gasteiger partial charge in [0, 0.05) is 18.8 Å². The smallest absolute Gasteiger partial charge is 0.360 e. The highest BCUT2D eigenvalue weighted by Gasteiger charge is 2.39. The summed E-state index contributed by atoms with van der Waals surface area (Å²) < 4.78 is 45.5. The van der Waals surface area contributed by atoms with Crippen molar-refractivity contribution in [1.29, 1.82) is 0 Å². The molecule has 6 nitrogen and oxygen atoms in total. The van der Waals surface area contributed by atoms with Crippen LogP contribution in [0.4, 0.5) is 19.0 Å². The number of nitrogens with one attached hydrogen (secondary N) is 2. The van der Waals surface area contributed by atoms with Gasteiger partial charge in [-0.1, -0.05) is 23.4 Å². The maximum atomic E-state index is 13.5. The number of hydrogen-bond donors (Lipinski definition) is 2. The molecule has 0 aliphatic carbocycles. The number of anilines is 1. The van der Waals surface area contributed by atoms with Crippen LogP contribution in [0.15, 0.2) is 46.1 Å². The van der Waals surface area contributed by atoms with Gasteiger partial charge in [0.25, 0.3) is 5.91 Å². The Morgan fingerprint density at radius 1 is 1.32 bits per heavy atom. The predicted molar refractivity (Wildman–Crippen MR) is 100 cm³/mol. The highest BCUT2D eigenvalue weighted by molar-refractivity contribution is 7.80. The Balaban J connectivity index is 2.09. The average Bonchev–Trinajstić information content (AvgIpc) is 3.03. The summed E-state index contributed by atoms with van der Waals surface area (Å²) in [7, 11) is 1.63. The molecule has 0 spiro atoms. The lowest BCUT2D eigenvalue weighted by molar-refractivity contribution is -0.138. The Kier molecular flexibility index (Phi) is 5.16. The highest BCUT2D eigenvalue weighted by atomic mass is 32.1. The van der Waals surface area contributed by atoms with Crippen molar-refractivity contribution in [2.24, 2.45) is 0 Å². The van der Waals surface area contributed by atoms with Crippen molar-refractivity contribution in [3.63, 3.8) is 0 Å². The topological polar surface area (TPSA) is 70.4 Å². The number of allylic oxidation sites excluding steroid dienone is 1. The minimum atomic E-state index is -4.58. The first-order valence-corrected chi connectivity index (χ1v) is 8.66. The monoisotopic (exact) mass is 410 g/mol. The number of alkyl halides is 3. The SMILES string of the molecule is CC1=C(C(=O)Nc2cc(C)on2)[C@H](c2ccccc2C(F)(F)F)NC(=S)N1C. The number of carbonyl (C=O) groups excluding carboxylic acids is 1. The number of carbonyl (C=O) groups is 1. The summed E-state index contributed by atoms with van der Waals surface area (Å²) in [5.74, 6) is 0.0520. The minimum absolute atomic E-state index is 0.0914. The number of aromatic nitrogens is 1. The third kappa shape index (κ3) is 3.72. The van der Waals surface area contributed by atoms with Crippen LogP contribution in [0.5, 0.6) is 0 Å². The van der Waals surface area contributed by atoms with E-state index in [1.165, 1.54) is 29.2 Å². The van der Waals surface area contributed by atoms with Crippen LogP contribution < -0.4 is 10.6 Å². The van der Waals surface area contributed by atoms with E-state index in [1.54, 1.807) is 20.9 Å². The Morgan fingerprint density at radius 3 is 2.61 bits per heavy atom. The molecule has 0 fully saturated rings. The third-order valence-electron chi connectivity index (χ3n) is 4.45. The molecule has 10 heteroatoms. The summed E-state index contributed by atoms with van der Waals surface area (Å²) in [6.45, 7) is 3.28. The first-order valence-electron chi connectivity index (χ1n) is 8.25. The maximum Gasteiger partial charge on any atom is 0.416 e. The summed E-state index contributed by atoms with van der Waals surface area (Å²) in [5.41, 5.74) is -0.390. The standard InChI is InChI=1S/C18H17F3N4O2S/c1-9-8-13(24-27-9)22-16(26)14-10(2)25(3)17(28)23-15(14)11-6-4-5-7-12(11)18(19,20)21/h4-8,15H,1-3H3,(H,23,28)(H,22,24,26)/t15-/m0/s1. The van der Waals surface area contributed by atoms with E-state index in [0.717, 1.165) is 6.07 Å². The molecular formula is C18H17F3N4O2S. The number of thiocarbonyl (C=S) groups is 1. The number of rotatable bonds is 3. The van der Waals surface area contributed by atoms with Gasteiger partial charge in [-0.15, -0.1) is 0 Å². The molecule has 0 saturated carbocycles. The molecule has 0 bridgehead atoms. The van der Waals surface area contributed by atoms with Gasteiger partial charge in [0.2, 0.25) is 0 Å². The van der Waals surface area contributed by atoms with E-state index >= 15 is 0 Å². The second-order valence-electron chi connectivity index (χ2n) is 6.30. The van der Waals surface area contributed by atoms with Crippen LogP contribution in [0.2, 0.25) is 0 Å². The van der Waals surface area contributed by atoms with Gasteiger partial charge in [0.05, 0.1) is 17.2 Å². The molecule has 148 valence electrons. The van der Waals surface area contributed by atoms with Gasteiger partial charge in [-0.2, -0.15) is 13.2 Å². The molecule has 0 unspecified atom stereocenters. The van der Waals surface area contributed by atoms with E-state index < -0.39 is 23.7 Å². The number of benzene rings is 1. The lowest BCUT2D eigenvalue weighted by atomic mass is 9.91. The molecule has 1 aliphatic rings. The van der Waals surface area contributed by atoms with Crippen LogP contribution >= 0.6 is 12.2 Å². The fraction of sp³-hybridized carbons (Fsp3) is 0.278. The van der Waals surface area contributed by atoms with Crippen molar-refractivity contribution in [2.75, 3.05) is 12.4 Å². The van der Waals surface area contributed by atoms with Crippen LogP contribution in [0.1, 0.15) is 29.9 Å². The van der Waals surface area contributed by atoms with Crippen molar-refractivity contribution < 1.29 is 22.5 Å². The van der Waals surface area contributed by atoms with Gasteiger partial charge in [-0.25, -0.2) is 0 Å². The van der Waals surface area contributed by atoms with E-state index in [4.69, 9.17) is 16.7 Å². The first kappa shape index (κ1) is 19.9. The quantitative estimate of drug-likeness (QED) is 0.751. The normalized spacial score (nSPS) is 17.6. The third-order valence-corrected chi connectivity index (χ3v) is 4.84. The zero-order chi connectivity index (χ0) is 20.6. The summed E-state index contributed by atoms with van der Waals surface area (Å²) in [5, 5.41) is 9.32. The second kappa shape index (κ2) is 7.27. The molecule has 0 saturated heterocycles. The minimum Gasteiger partial charge on any atom is -0.360 e. The molecule has 0 radical (unpaired) electrons. The van der Waals surface area contributed by atoms with Crippen molar-refractivity contribution in [1.82, 2.24) is 15.4 Å². The first-order chi connectivity index (χ1) is 13.1. The zero-order valence-corrected chi connectivity index (χ0v) is 16.0. The van der Waals surface area contributed by atoms with Gasteiger partial charge < -0.3 is 20.1 Å². The summed E-state index contributed by atoms with van der Waals surface area (Å²) >= 11 is 5.23. The molecule has 1 aromatic heterocycles. The Hall–Kier alpha value is -2.88. The molecule has 3 rings (SSSR count). The van der Waals surface area contributed by atoms with Crippen LogP contribution in [0, 0.1) is 6.92 Å². The molecule has 1 amide bonds. The van der Waals surface area contributed by atoms with Crippen LogP contribution in [0.3, 0.4) is 0 Å². The number of aryl methyl sites for hydroxylation is 1. The number of amides is 1. The average molecular weight is 410 g/mol. The van der Waals surface area contributed by atoms with E-state index in [1.807, 2.05) is 0 Å². The zero-order valence-electron chi connectivity index (χ0n) is 15.2. The lowest BCUT2D eigenvalue weighted by Crippen LogP contribution is -2.47. The van der Waals surface area contributed by atoms with Crippen molar-refractivity contribution >= 4 is 29.1 Å². The van der Waals surface area contributed by atoms with Crippen molar-refractivity contribution in [3.05, 3.63) is 58.5 Å². The molecule has 1 aliphatic heterocycles. The maximum absolute atomic E-state index is 13.5. The molecular weight excluding hydrogens is 393 g/mol. The van der Waals surface area contributed by atoms with Crippen molar-refractivity contribution in [3.8, 4) is 0 Å². The molecule has 2 N–H and O–H groups in total. The van der Waals surface area contributed by atoms with E-state index in [-0.39, 0.29) is 22.1 Å². The number of halogens is 3. The van der Waals surface area contributed by atoms with E-state index in [2.05, 4.69) is 15.8 Å². The van der Waals surface area contributed by atoms with Crippen molar-refractivity contribution in [2.45, 2.75) is 26.1 Å². The largest absolute Gasteiger partial charge is 0.416 e. The Morgan fingerprint density at radius 2 is 2.00 bits per heavy atom. The van der Waals surface area contributed by atoms with Gasteiger partial charge in [-0.05, 0) is 37.7 Å². The Labute approximate surface area is 164 Å². The molecule has 2 heterocycles. The van der Waals surface area contributed by atoms with Gasteiger partial charge in [0.1, 0.15) is 5.76 Å². The summed E-state index contributed by atoms with van der Waals surface area (Å²) in [6.07, 6.45) is -4.58. The molecule has 1 atom stereocenters. The lowest BCUT2D eigenvalue weighted by Gasteiger charge is -2.36. The van der Waals surface area contributed by atoms with Crippen LogP contribution in [0.25, 0.3) is 0 Å². The Bertz CT molecular complexity index is 968. The molecule has 1 aromatic carbocycles. The van der Waals surface area contributed by atoms with Crippen LogP contribution in [-0.2, 0) is 11.0 Å². The molecule has 2 aromatic rings. The van der Waals surface area contributed by atoms with E-state index in [0.29, 0.717) is 11.5 Å². The van der Waals surface area contributed by atoms with Gasteiger partial charge in [0.15, 0.2) is 10.9 Å². The molecule has 28 heavy (non-hydrogen) atoms. The summed E-state index contributed by atoms with van der Waals surface area (Å²) in [6, 6.07) is 5.53. The van der Waals surface area contributed by atoms with Gasteiger partial charge in [-0.3, -0.25) is 4.79 Å². The van der Waals surface area contributed by atoms with Gasteiger partial charge >= 0.3 is 6.18 Å². The number of hydrogen-bond acceptors (Lipinski definition) is 4. The van der Waals surface area contributed by atoms with E-state index in [9.17, 15) is 18.0 Å². The predicted octanol–water partition coefficient (Wildman–Crippen LogP) is 3.78. The van der Waals surface area contributed by atoms with Crippen LogP contribution in [-0.4, -0.2) is 28.1 Å².